The summed E-state index contributed by atoms with van der Waals surface area (Å²) in [6.45, 7) is 0.896. The van der Waals surface area contributed by atoms with Crippen molar-refractivity contribution in [3.63, 3.8) is 0 Å². The number of fused-ring (bicyclic) bond motifs is 2. The van der Waals surface area contributed by atoms with Crippen LogP contribution in [0.25, 0.3) is 33.1 Å². The van der Waals surface area contributed by atoms with Gasteiger partial charge in [0, 0.05) is 50.6 Å². The Bertz CT molecular complexity index is 1490. The predicted octanol–water partition coefficient (Wildman–Crippen LogP) is 6.19. The normalized spacial score (nSPS) is 11.2. The Hall–Kier alpha value is -3.19. The molecule has 5 rings (SSSR count). The third-order valence-electron chi connectivity index (χ3n) is 5.65. The summed E-state index contributed by atoms with van der Waals surface area (Å²) in [6.07, 6.45) is 1.92. The second kappa shape index (κ2) is 8.98. The zero-order valence-electron chi connectivity index (χ0n) is 17.5. The van der Waals surface area contributed by atoms with Crippen LogP contribution < -0.4 is 11.1 Å². The van der Waals surface area contributed by atoms with E-state index in [1.54, 1.807) is 12.1 Å². The molecule has 0 saturated carbocycles. The van der Waals surface area contributed by atoms with Gasteiger partial charge in [0.25, 0.3) is 5.91 Å². The summed E-state index contributed by atoms with van der Waals surface area (Å²) in [5, 5.41) is 5.32. The molecule has 33 heavy (non-hydrogen) atoms. The zero-order valence-corrected chi connectivity index (χ0v) is 19.9. The number of aromatic nitrogens is 2. The second-order valence-corrected chi connectivity index (χ2v) is 9.16. The van der Waals surface area contributed by atoms with Gasteiger partial charge in [-0.05, 0) is 53.6 Å². The molecule has 0 atom stereocenters. The lowest BCUT2D eigenvalue weighted by Gasteiger charge is -2.11. The molecule has 0 aliphatic rings. The quantitative estimate of drug-likeness (QED) is 0.259. The molecular weight excluding hydrogens is 500 g/mol. The van der Waals surface area contributed by atoms with Crippen molar-refractivity contribution in [3.8, 4) is 11.3 Å². The number of carbonyl (C=O) groups is 1. The van der Waals surface area contributed by atoms with Crippen LogP contribution in [0, 0.1) is 0 Å². The van der Waals surface area contributed by atoms with Crippen molar-refractivity contribution in [2.45, 2.75) is 13.1 Å². The number of hydrogen-bond acceptors (Lipinski definition) is 3. The zero-order chi connectivity index (χ0) is 22.9. The van der Waals surface area contributed by atoms with E-state index in [4.69, 9.17) is 22.3 Å². The van der Waals surface area contributed by atoms with E-state index in [1.165, 1.54) is 0 Å². The van der Waals surface area contributed by atoms with Crippen molar-refractivity contribution in [3.05, 3.63) is 99.1 Å². The molecule has 5 nitrogen and oxygen atoms in total. The first-order chi connectivity index (χ1) is 16.0. The number of benzene rings is 3. The highest BCUT2D eigenvalue weighted by atomic mass is 79.9. The molecule has 0 unspecified atom stereocenters. The first kappa shape index (κ1) is 21.6. The minimum atomic E-state index is -0.185. The standard InChI is InChI=1S/C26H20BrClN4O/c27-17-5-7-23-19(9-17)22(14-30-23)25-11-21(20-10-18(28)6-8-24(20)32-25)26(33)31-13-16-3-1-15(12-29)2-4-16/h1-11,14,30H,12-13,29H2,(H,31,33). The van der Waals surface area contributed by atoms with Gasteiger partial charge in [0.15, 0.2) is 0 Å². The maximum Gasteiger partial charge on any atom is 0.252 e. The summed E-state index contributed by atoms with van der Waals surface area (Å²) in [5.41, 5.74) is 11.6. The largest absolute Gasteiger partial charge is 0.360 e. The van der Waals surface area contributed by atoms with Gasteiger partial charge in [0.1, 0.15) is 0 Å². The van der Waals surface area contributed by atoms with Crippen molar-refractivity contribution >= 4 is 55.2 Å². The molecule has 3 aromatic carbocycles. The Morgan fingerprint density at radius 3 is 2.58 bits per heavy atom. The van der Waals surface area contributed by atoms with Gasteiger partial charge in [-0.15, -0.1) is 0 Å². The fraction of sp³-hybridized carbons (Fsp3) is 0.0769. The van der Waals surface area contributed by atoms with Crippen LogP contribution >= 0.6 is 27.5 Å². The first-order valence-corrected chi connectivity index (χ1v) is 11.6. The summed E-state index contributed by atoms with van der Waals surface area (Å²) in [5.74, 6) is -0.185. The number of halogens is 2. The molecule has 0 radical (unpaired) electrons. The molecule has 0 bridgehead atoms. The number of amides is 1. The third kappa shape index (κ3) is 4.37. The Kier molecular flexibility index (Phi) is 5.89. The summed E-state index contributed by atoms with van der Waals surface area (Å²) in [4.78, 5) is 21.4. The van der Waals surface area contributed by atoms with Gasteiger partial charge in [-0.25, -0.2) is 4.98 Å². The molecule has 5 aromatic rings. The minimum Gasteiger partial charge on any atom is -0.360 e. The van der Waals surface area contributed by atoms with Crippen LogP contribution in [0.3, 0.4) is 0 Å². The lowest BCUT2D eigenvalue weighted by molar-refractivity contribution is 0.0952. The summed E-state index contributed by atoms with van der Waals surface area (Å²) in [7, 11) is 0. The fourth-order valence-electron chi connectivity index (χ4n) is 3.90. The molecule has 0 fully saturated rings. The number of hydrogen-bond donors (Lipinski definition) is 3. The van der Waals surface area contributed by atoms with Gasteiger partial charge >= 0.3 is 0 Å². The molecule has 164 valence electrons. The van der Waals surface area contributed by atoms with E-state index in [0.29, 0.717) is 40.3 Å². The summed E-state index contributed by atoms with van der Waals surface area (Å²) >= 11 is 9.79. The number of nitrogens with one attached hydrogen (secondary N) is 2. The average Bonchev–Trinajstić information content (AvgIpc) is 3.25. The molecular formula is C26H20BrClN4O. The molecule has 0 saturated heterocycles. The van der Waals surface area contributed by atoms with Crippen molar-refractivity contribution in [1.29, 1.82) is 0 Å². The molecule has 4 N–H and O–H groups in total. The Labute approximate surface area is 204 Å². The Balaban J connectivity index is 1.55. The number of H-pyrrole nitrogens is 1. The van der Waals surface area contributed by atoms with E-state index in [2.05, 4.69) is 26.2 Å². The number of nitrogens with zero attached hydrogens (tertiary/aromatic N) is 1. The first-order valence-electron chi connectivity index (χ1n) is 10.5. The van der Waals surface area contributed by atoms with Gasteiger partial charge < -0.3 is 16.0 Å². The van der Waals surface area contributed by atoms with Crippen molar-refractivity contribution in [2.75, 3.05) is 0 Å². The molecule has 2 aromatic heterocycles. The maximum atomic E-state index is 13.3. The fourth-order valence-corrected chi connectivity index (χ4v) is 4.43. The number of nitrogens with two attached hydrogens (primary N) is 1. The lowest BCUT2D eigenvalue weighted by Crippen LogP contribution is -2.23. The minimum absolute atomic E-state index is 0.185. The van der Waals surface area contributed by atoms with Gasteiger partial charge in [-0.3, -0.25) is 4.79 Å². The second-order valence-electron chi connectivity index (χ2n) is 7.81. The summed E-state index contributed by atoms with van der Waals surface area (Å²) in [6, 6.07) is 21.1. The van der Waals surface area contributed by atoms with Gasteiger partial charge in [0.2, 0.25) is 0 Å². The Morgan fingerprint density at radius 2 is 1.79 bits per heavy atom. The SMILES string of the molecule is NCc1ccc(CNC(=O)c2cc(-c3c[nH]c4ccc(Br)cc34)nc3ccc(Cl)cc23)cc1. The molecule has 0 aliphatic carbocycles. The van der Waals surface area contributed by atoms with Crippen LogP contribution in [0.15, 0.2) is 77.4 Å². The number of carbonyl (C=O) groups excluding carboxylic acids is 1. The van der Waals surface area contributed by atoms with Gasteiger partial charge in [-0.2, -0.15) is 0 Å². The van der Waals surface area contributed by atoms with Crippen LogP contribution in [-0.4, -0.2) is 15.9 Å². The van der Waals surface area contributed by atoms with Crippen LogP contribution in [0.2, 0.25) is 5.02 Å². The molecule has 0 aliphatic heterocycles. The van der Waals surface area contributed by atoms with E-state index < -0.39 is 0 Å². The maximum absolute atomic E-state index is 13.3. The molecule has 0 spiro atoms. The Morgan fingerprint density at radius 1 is 1.00 bits per heavy atom. The highest BCUT2D eigenvalue weighted by Gasteiger charge is 2.16. The van der Waals surface area contributed by atoms with Crippen LogP contribution in [0.5, 0.6) is 0 Å². The van der Waals surface area contributed by atoms with Gasteiger partial charge in [-0.1, -0.05) is 51.8 Å². The highest BCUT2D eigenvalue weighted by molar-refractivity contribution is 9.10. The van der Waals surface area contributed by atoms with Crippen molar-refractivity contribution in [2.24, 2.45) is 5.73 Å². The van der Waals surface area contributed by atoms with E-state index in [1.807, 2.05) is 60.8 Å². The average molecular weight is 520 g/mol. The predicted molar refractivity (Wildman–Crippen MR) is 137 cm³/mol. The highest BCUT2D eigenvalue weighted by Crippen LogP contribution is 2.32. The number of rotatable bonds is 5. The lowest BCUT2D eigenvalue weighted by atomic mass is 10.0. The van der Waals surface area contributed by atoms with E-state index >= 15 is 0 Å². The third-order valence-corrected chi connectivity index (χ3v) is 6.38. The molecule has 2 heterocycles. The monoisotopic (exact) mass is 518 g/mol. The summed E-state index contributed by atoms with van der Waals surface area (Å²) < 4.78 is 0.974. The van der Waals surface area contributed by atoms with Gasteiger partial charge in [0.05, 0.1) is 16.8 Å². The number of pyridine rings is 1. The topological polar surface area (TPSA) is 83.8 Å². The van der Waals surface area contributed by atoms with Crippen LogP contribution in [-0.2, 0) is 13.1 Å². The van der Waals surface area contributed by atoms with E-state index in [-0.39, 0.29) is 5.91 Å². The van der Waals surface area contributed by atoms with E-state index in [0.717, 1.165) is 32.1 Å². The molecule has 7 heteroatoms. The van der Waals surface area contributed by atoms with Crippen molar-refractivity contribution < 1.29 is 4.79 Å². The molecule has 1 amide bonds. The van der Waals surface area contributed by atoms with Crippen molar-refractivity contribution in [1.82, 2.24) is 15.3 Å². The number of aromatic amines is 1. The van der Waals surface area contributed by atoms with E-state index in [9.17, 15) is 4.79 Å². The van der Waals surface area contributed by atoms with Crippen LogP contribution in [0.4, 0.5) is 0 Å². The van der Waals surface area contributed by atoms with Crippen LogP contribution in [0.1, 0.15) is 21.5 Å². The smallest absolute Gasteiger partial charge is 0.252 e.